The molecule has 0 unspecified atom stereocenters. The van der Waals surface area contributed by atoms with E-state index in [0.29, 0.717) is 17.9 Å². The Kier molecular flexibility index (Phi) is 3.46. The first-order chi connectivity index (χ1) is 9.83. The second-order valence-corrected chi connectivity index (χ2v) is 4.27. The van der Waals surface area contributed by atoms with Crippen LogP contribution in [-0.2, 0) is 6.61 Å². The summed E-state index contributed by atoms with van der Waals surface area (Å²) in [7, 11) is 0. The maximum absolute atomic E-state index is 14.0. The number of hydrogen-bond acceptors (Lipinski definition) is 3. The SMILES string of the molecule is Fc1cc(-c2ccco2)ccc1OCc1ccncc1. The average molecular weight is 269 g/mol. The number of nitrogens with zero attached hydrogens (tertiary/aromatic N) is 1. The van der Waals surface area contributed by atoms with Crippen LogP contribution >= 0.6 is 0 Å². The lowest BCUT2D eigenvalue weighted by Crippen LogP contribution is -1.97. The molecular formula is C16H12FNO2. The maximum Gasteiger partial charge on any atom is 0.165 e. The minimum Gasteiger partial charge on any atom is -0.486 e. The van der Waals surface area contributed by atoms with E-state index in [1.807, 2.05) is 12.1 Å². The molecular weight excluding hydrogens is 257 g/mol. The van der Waals surface area contributed by atoms with Crippen LogP contribution in [0.4, 0.5) is 4.39 Å². The van der Waals surface area contributed by atoms with Crippen molar-refractivity contribution in [3.8, 4) is 17.1 Å². The Morgan fingerprint density at radius 3 is 2.65 bits per heavy atom. The van der Waals surface area contributed by atoms with Crippen LogP contribution in [-0.4, -0.2) is 4.98 Å². The molecule has 0 aliphatic rings. The molecule has 0 saturated heterocycles. The maximum atomic E-state index is 14.0. The zero-order valence-corrected chi connectivity index (χ0v) is 10.6. The Bertz CT molecular complexity index is 681. The summed E-state index contributed by atoms with van der Waals surface area (Å²) in [6, 6.07) is 12.0. The van der Waals surface area contributed by atoms with Gasteiger partial charge < -0.3 is 9.15 Å². The summed E-state index contributed by atoms with van der Waals surface area (Å²) in [6.07, 6.45) is 4.91. The van der Waals surface area contributed by atoms with Gasteiger partial charge in [-0.1, -0.05) is 0 Å². The smallest absolute Gasteiger partial charge is 0.165 e. The van der Waals surface area contributed by atoms with Gasteiger partial charge in [0.15, 0.2) is 11.6 Å². The molecule has 0 amide bonds. The lowest BCUT2D eigenvalue weighted by atomic mass is 10.1. The standard InChI is InChI=1S/C16H12FNO2/c17-14-10-13(15-2-1-9-19-15)3-4-16(14)20-11-12-5-7-18-8-6-12/h1-10H,11H2. The van der Waals surface area contributed by atoms with Crippen molar-refractivity contribution in [1.29, 1.82) is 0 Å². The van der Waals surface area contributed by atoms with Gasteiger partial charge in [-0.25, -0.2) is 4.39 Å². The predicted molar refractivity (Wildman–Crippen MR) is 72.7 cm³/mol. The van der Waals surface area contributed by atoms with E-state index in [-0.39, 0.29) is 5.75 Å². The van der Waals surface area contributed by atoms with Gasteiger partial charge in [0.05, 0.1) is 6.26 Å². The molecule has 4 heteroatoms. The summed E-state index contributed by atoms with van der Waals surface area (Å²) in [5, 5.41) is 0. The monoisotopic (exact) mass is 269 g/mol. The van der Waals surface area contributed by atoms with E-state index in [1.165, 1.54) is 6.07 Å². The molecule has 0 fully saturated rings. The zero-order chi connectivity index (χ0) is 13.8. The molecule has 0 saturated carbocycles. The van der Waals surface area contributed by atoms with Gasteiger partial charge in [0.2, 0.25) is 0 Å². The van der Waals surface area contributed by atoms with Crippen LogP contribution < -0.4 is 4.74 Å². The molecule has 3 rings (SSSR count). The lowest BCUT2D eigenvalue weighted by molar-refractivity contribution is 0.290. The quantitative estimate of drug-likeness (QED) is 0.716. The minimum absolute atomic E-state index is 0.220. The van der Waals surface area contributed by atoms with Crippen LogP contribution in [0.15, 0.2) is 65.5 Å². The van der Waals surface area contributed by atoms with E-state index < -0.39 is 5.82 Å². The van der Waals surface area contributed by atoms with Crippen molar-refractivity contribution in [3.63, 3.8) is 0 Å². The molecule has 3 nitrogen and oxygen atoms in total. The number of furan rings is 1. The summed E-state index contributed by atoms with van der Waals surface area (Å²) in [6.45, 7) is 0.305. The first-order valence-corrected chi connectivity index (χ1v) is 6.18. The highest BCUT2D eigenvalue weighted by Crippen LogP contribution is 2.26. The van der Waals surface area contributed by atoms with E-state index in [1.54, 1.807) is 42.9 Å². The van der Waals surface area contributed by atoms with Crippen molar-refractivity contribution >= 4 is 0 Å². The zero-order valence-electron chi connectivity index (χ0n) is 10.6. The molecule has 0 aliphatic heterocycles. The van der Waals surface area contributed by atoms with Crippen LogP contribution in [0.2, 0.25) is 0 Å². The number of pyridine rings is 1. The summed E-state index contributed by atoms with van der Waals surface area (Å²) in [5.74, 6) is 0.439. The van der Waals surface area contributed by atoms with Crippen LogP contribution in [0.3, 0.4) is 0 Å². The number of halogens is 1. The first-order valence-electron chi connectivity index (χ1n) is 6.18. The number of benzene rings is 1. The molecule has 0 radical (unpaired) electrons. The van der Waals surface area contributed by atoms with Crippen molar-refractivity contribution in [2.24, 2.45) is 0 Å². The second-order valence-electron chi connectivity index (χ2n) is 4.27. The third kappa shape index (κ3) is 2.69. The second kappa shape index (κ2) is 5.57. The van der Waals surface area contributed by atoms with Crippen molar-refractivity contribution in [1.82, 2.24) is 4.98 Å². The Morgan fingerprint density at radius 1 is 1.10 bits per heavy atom. The highest BCUT2D eigenvalue weighted by atomic mass is 19.1. The topological polar surface area (TPSA) is 35.3 Å². The normalized spacial score (nSPS) is 10.4. The molecule has 20 heavy (non-hydrogen) atoms. The summed E-state index contributed by atoms with van der Waals surface area (Å²) >= 11 is 0. The third-order valence-electron chi connectivity index (χ3n) is 2.88. The van der Waals surface area contributed by atoms with Gasteiger partial charge in [0.1, 0.15) is 12.4 Å². The molecule has 100 valence electrons. The summed E-state index contributed by atoms with van der Waals surface area (Å²) in [4.78, 5) is 3.92. The molecule has 2 aromatic heterocycles. The summed E-state index contributed by atoms with van der Waals surface area (Å²) < 4.78 is 24.7. The van der Waals surface area contributed by atoms with Gasteiger partial charge in [-0.05, 0) is 48.0 Å². The fourth-order valence-corrected chi connectivity index (χ4v) is 1.85. The number of ether oxygens (including phenoxy) is 1. The number of aromatic nitrogens is 1. The highest BCUT2D eigenvalue weighted by molar-refractivity contribution is 5.58. The Labute approximate surface area is 115 Å². The number of rotatable bonds is 4. The van der Waals surface area contributed by atoms with Crippen LogP contribution in [0.5, 0.6) is 5.75 Å². The van der Waals surface area contributed by atoms with Crippen LogP contribution in [0.25, 0.3) is 11.3 Å². The van der Waals surface area contributed by atoms with E-state index in [0.717, 1.165) is 5.56 Å². The Hall–Kier alpha value is -2.62. The average Bonchev–Trinajstić information content (AvgIpc) is 3.01. The van der Waals surface area contributed by atoms with E-state index in [9.17, 15) is 4.39 Å². The van der Waals surface area contributed by atoms with E-state index in [4.69, 9.17) is 9.15 Å². The van der Waals surface area contributed by atoms with Gasteiger partial charge in [-0.3, -0.25) is 4.98 Å². The predicted octanol–water partition coefficient (Wildman–Crippen LogP) is 4.06. The van der Waals surface area contributed by atoms with Gasteiger partial charge in [0.25, 0.3) is 0 Å². The molecule has 0 aliphatic carbocycles. The number of hydrogen-bond donors (Lipinski definition) is 0. The van der Waals surface area contributed by atoms with Crippen molar-refractivity contribution in [2.45, 2.75) is 6.61 Å². The Morgan fingerprint density at radius 2 is 1.95 bits per heavy atom. The van der Waals surface area contributed by atoms with E-state index >= 15 is 0 Å². The molecule has 0 N–H and O–H groups in total. The van der Waals surface area contributed by atoms with Crippen LogP contribution in [0, 0.1) is 5.82 Å². The molecule has 3 aromatic rings. The van der Waals surface area contributed by atoms with Gasteiger partial charge in [-0.15, -0.1) is 0 Å². The van der Waals surface area contributed by atoms with Crippen LogP contribution in [0.1, 0.15) is 5.56 Å². The summed E-state index contributed by atoms with van der Waals surface area (Å²) in [5.41, 5.74) is 1.62. The van der Waals surface area contributed by atoms with Crippen molar-refractivity contribution < 1.29 is 13.5 Å². The third-order valence-corrected chi connectivity index (χ3v) is 2.88. The fourth-order valence-electron chi connectivity index (χ4n) is 1.85. The fraction of sp³-hybridized carbons (Fsp3) is 0.0625. The van der Waals surface area contributed by atoms with Crippen molar-refractivity contribution in [2.75, 3.05) is 0 Å². The highest BCUT2D eigenvalue weighted by Gasteiger charge is 2.08. The van der Waals surface area contributed by atoms with Crippen molar-refractivity contribution in [3.05, 3.63) is 72.5 Å². The van der Waals surface area contributed by atoms with E-state index in [2.05, 4.69) is 4.98 Å². The Balaban J connectivity index is 1.75. The molecule has 0 spiro atoms. The van der Waals surface area contributed by atoms with Gasteiger partial charge >= 0.3 is 0 Å². The lowest BCUT2D eigenvalue weighted by Gasteiger charge is -2.08. The molecule has 2 heterocycles. The minimum atomic E-state index is -0.409. The largest absolute Gasteiger partial charge is 0.486 e. The molecule has 1 aromatic carbocycles. The first kappa shape index (κ1) is 12.4. The van der Waals surface area contributed by atoms with Gasteiger partial charge in [-0.2, -0.15) is 0 Å². The van der Waals surface area contributed by atoms with Gasteiger partial charge in [0, 0.05) is 18.0 Å². The molecule has 0 bridgehead atoms. The molecule has 0 atom stereocenters.